The molecule has 0 spiro atoms. The number of benzene rings is 1. The monoisotopic (exact) mass is 300 g/mol. The summed E-state index contributed by atoms with van der Waals surface area (Å²) in [5, 5.41) is 19.3. The molecule has 0 unspecified atom stereocenters. The van der Waals surface area contributed by atoms with Crippen LogP contribution in [-0.2, 0) is 9.47 Å². The van der Waals surface area contributed by atoms with Crippen LogP contribution in [0.2, 0.25) is 5.02 Å². The van der Waals surface area contributed by atoms with Crippen LogP contribution in [0.3, 0.4) is 0 Å². The van der Waals surface area contributed by atoms with E-state index in [0.717, 1.165) is 0 Å². The zero-order valence-electron chi connectivity index (χ0n) is 10.7. The van der Waals surface area contributed by atoms with Crippen molar-refractivity contribution >= 4 is 11.6 Å². The average molecular weight is 301 g/mol. The Morgan fingerprint density at radius 2 is 1.81 bits per heavy atom. The molecule has 1 aromatic heterocycles. The number of halogens is 1. The second kappa shape index (κ2) is 5.23. The van der Waals surface area contributed by atoms with Crippen molar-refractivity contribution in [2.75, 3.05) is 0 Å². The van der Waals surface area contributed by atoms with Crippen molar-refractivity contribution in [1.29, 1.82) is 10.5 Å². The van der Waals surface area contributed by atoms with Gasteiger partial charge in [-0.25, -0.2) is 0 Å². The minimum Gasteiger partial charge on any atom is -0.466 e. The van der Waals surface area contributed by atoms with Crippen LogP contribution in [0.5, 0.6) is 0 Å². The van der Waals surface area contributed by atoms with Crippen molar-refractivity contribution in [2.24, 2.45) is 0 Å². The quantitative estimate of drug-likeness (QED) is 0.848. The van der Waals surface area contributed by atoms with Gasteiger partial charge in [-0.2, -0.15) is 10.5 Å². The predicted molar refractivity (Wildman–Crippen MR) is 71.8 cm³/mol. The number of nitriles is 2. The van der Waals surface area contributed by atoms with E-state index in [1.54, 1.807) is 36.4 Å². The maximum Gasteiger partial charge on any atom is 0.277 e. The molecule has 6 heteroatoms. The molecule has 2 aromatic rings. The van der Waals surface area contributed by atoms with Crippen LogP contribution in [0, 0.1) is 22.7 Å². The Labute approximate surface area is 125 Å². The largest absolute Gasteiger partial charge is 0.466 e. The lowest BCUT2D eigenvalue weighted by Crippen LogP contribution is -2.30. The molecule has 0 bridgehead atoms. The van der Waals surface area contributed by atoms with E-state index < -0.39 is 18.0 Å². The summed E-state index contributed by atoms with van der Waals surface area (Å²) in [5.41, 5.74) is -1.08. The van der Waals surface area contributed by atoms with Crippen LogP contribution >= 0.6 is 11.6 Å². The van der Waals surface area contributed by atoms with Gasteiger partial charge in [0, 0.05) is 10.6 Å². The van der Waals surface area contributed by atoms with E-state index in [-0.39, 0.29) is 0 Å². The fourth-order valence-electron chi connectivity index (χ4n) is 2.15. The minimum absolute atomic E-state index is 0.370. The number of rotatable bonds is 2. The number of furan rings is 1. The van der Waals surface area contributed by atoms with Gasteiger partial charge in [-0.15, -0.1) is 0 Å². The summed E-state index contributed by atoms with van der Waals surface area (Å²) in [4.78, 5) is 0. The van der Waals surface area contributed by atoms with Crippen LogP contribution in [0.1, 0.15) is 23.7 Å². The van der Waals surface area contributed by atoms with Crippen molar-refractivity contribution in [2.45, 2.75) is 18.0 Å². The summed E-state index contributed by atoms with van der Waals surface area (Å²) in [7, 11) is 0. The third kappa shape index (κ3) is 2.28. The van der Waals surface area contributed by atoms with Crippen LogP contribution in [0.15, 0.2) is 47.1 Å². The summed E-state index contributed by atoms with van der Waals surface area (Å²) in [6.45, 7) is 0. The number of nitrogens with zero attached hydrogens (tertiary/aromatic N) is 2. The van der Waals surface area contributed by atoms with Crippen LogP contribution in [-0.4, -0.2) is 5.60 Å². The first-order valence-corrected chi connectivity index (χ1v) is 6.51. The van der Waals surface area contributed by atoms with Gasteiger partial charge in [-0.1, -0.05) is 23.7 Å². The summed E-state index contributed by atoms with van der Waals surface area (Å²) in [6, 6.07) is 13.9. The highest BCUT2D eigenvalue weighted by Crippen LogP contribution is 2.46. The summed E-state index contributed by atoms with van der Waals surface area (Å²) >= 11 is 5.84. The van der Waals surface area contributed by atoms with Crippen LogP contribution in [0.25, 0.3) is 0 Å². The van der Waals surface area contributed by atoms with Gasteiger partial charge in [0.2, 0.25) is 0 Å². The van der Waals surface area contributed by atoms with Gasteiger partial charge in [-0.05, 0) is 24.3 Å². The van der Waals surface area contributed by atoms with Gasteiger partial charge >= 0.3 is 0 Å². The smallest absolute Gasteiger partial charge is 0.277 e. The Hall–Kier alpha value is -2.31. The van der Waals surface area contributed by atoms with Crippen molar-refractivity contribution in [3.8, 4) is 12.1 Å². The third-order valence-corrected chi connectivity index (χ3v) is 3.45. The molecule has 3 rings (SSSR count). The molecular formula is C15H9ClN2O3. The maximum atomic E-state index is 9.35. The minimum atomic E-state index is -1.75. The van der Waals surface area contributed by atoms with Gasteiger partial charge in [0.05, 0.1) is 6.26 Å². The Morgan fingerprint density at radius 3 is 2.38 bits per heavy atom. The lowest BCUT2D eigenvalue weighted by Gasteiger charge is -2.15. The van der Waals surface area contributed by atoms with Gasteiger partial charge in [-0.3, -0.25) is 0 Å². The van der Waals surface area contributed by atoms with Gasteiger partial charge in [0.15, 0.2) is 12.4 Å². The highest BCUT2D eigenvalue weighted by molar-refractivity contribution is 6.30. The molecule has 1 aromatic carbocycles. The second-order valence-electron chi connectivity index (χ2n) is 4.49. The van der Waals surface area contributed by atoms with E-state index in [1.165, 1.54) is 6.26 Å². The van der Waals surface area contributed by atoms with E-state index in [1.807, 2.05) is 12.1 Å². The third-order valence-electron chi connectivity index (χ3n) is 3.20. The summed E-state index contributed by atoms with van der Waals surface area (Å²) in [6.07, 6.45) is -0.298. The topological polar surface area (TPSA) is 79.2 Å². The molecule has 21 heavy (non-hydrogen) atoms. The Balaban J connectivity index is 1.97. The molecule has 0 amide bonds. The van der Waals surface area contributed by atoms with Crippen molar-refractivity contribution < 1.29 is 13.9 Å². The van der Waals surface area contributed by atoms with Gasteiger partial charge < -0.3 is 13.9 Å². The van der Waals surface area contributed by atoms with E-state index in [2.05, 4.69) is 0 Å². The first-order valence-electron chi connectivity index (χ1n) is 6.13. The normalized spacial score (nSPS) is 23.4. The molecule has 1 fully saturated rings. The molecule has 1 aliphatic rings. The number of hydrogen-bond acceptors (Lipinski definition) is 5. The lowest BCUT2D eigenvalue weighted by atomic mass is 9.99. The fraction of sp³-hybridized carbons (Fsp3) is 0.200. The van der Waals surface area contributed by atoms with Gasteiger partial charge in [0.1, 0.15) is 17.9 Å². The molecule has 0 aliphatic carbocycles. The van der Waals surface area contributed by atoms with Gasteiger partial charge in [0.25, 0.3) is 5.60 Å². The van der Waals surface area contributed by atoms with E-state index in [0.29, 0.717) is 16.3 Å². The molecule has 0 radical (unpaired) electrons. The van der Waals surface area contributed by atoms with Crippen molar-refractivity contribution in [1.82, 2.24) is 0 Å². The van der Waals surface area contributed by atoms with Crippen molar-refractivity contribution in [3.05, 3.63) is 59.0 Å². The van der Waals surface area contributed by atoms with E-state index in [9.17, 15) is 10.5 Å². The second-order valence-corrected chi connectivity index (χ2v) is 4.93. The molecule has 0 saturated carbocycles. The molecule has 1 aliphatic heterocycles. The molecule has 5 nitrogen and oxygen atoms in total. The molecule has 104 valence electrons. The molecule has 2 heterocycles. The molecule has 0 N–H and O–H groups in total. The molecular weight excluding hydrogens is 292 g/mol. The zero-order chi connectivity index (χ0) is 14.9. The standard InChI is InChI=1S/C15H9ClN2O3/c16-11-5-3-10(4-6-11)14-20-13(12-2-1-7-19-12)15(8-17,9-18)21-14/h1-7,13-14H/t13-,14+/m0/s1. The lowest BCUT2D eigenvalue weighted by molar-refractivity contribution is -0.0734. The van der Waals surface area contributed by atoms with Crippen molar-refractivity contribution in [3.63, 3.8) is 0 Å². The molecule has 2 atom stereocenters. The highest BCUT2D eigenvalue weighted by Gasteiger charge is 2.54. The SMILES string of the molecule is N#CC1(C#N)O[C@H](c2ccc(Cl)cc2)O[C@H]1c1ccco1. The van der Waals surface area contributed by atoms with E-state index >= 15 is 0 Å². The molecule has 1 saturated heterocycles. The average Bonchev–Trinajstić information content (AvgIpc) is 3.15. The van der Waals surface area contributed by atoms with E-state index in [4.69, 9.17) is 25.5 Å². The fourth-order valence-corrected chi connectivity index (χ4v) is 2.27. The Kier molecular flexibility index (Phi) is 3.40. The first kappa shape index (κ1) is 13.7. The summed E-state index contributed by atoms with van der Waals surface area (Å²) in [5.74, 6) is 0.370. The predicted octanol–water partition coefficient (Wildman–Crippen LogP) is 3.51. The maximum absolute atomic E-state index is 9.35. The summed E-state index contributed by atoms with van der Waals surface area (Å²) < 4.78 is 16.5. The van der Waals surface area contributed by atoms with Crippen LogP contribution in [0.4, 0.5) is 0 Å². The Bertz CT molecular complexity index is 699. The first-order chi connectivity index (χ1) is 10.2. The highest BCUT2D eigenvalue weighted by atomic mass is 35.5. The zero-order valence-corrected chi connectivity index (χ0v) is 11.4. The Morgan fingerprint density at radius 1 is 1.10 bits per heavy atom. The van der Waals surface area contributed by atoms with Crippen LogP contribution < -0.4 is 0 Å². The number of ether oxygens (including phenoxy) is 2. The number of hydrogen-bond donors (Lipinski definition) is 0.